The molecule has 1 fully saturated rings. The molecule has 0 atom stereocenters. The third-order valence-electron chi connectivity index (χ3n) is 7.32. The quantitative estimate of drug-likeness (QED) is 0.381. The highest BCUT2D eigenvalue weighted by Gasteiger charge is 2.23. The smallest absolute Gasteiger partial charge is 0.410 e. The van der Waals surface area contributed by atoms with E-state index in [0.717, 1.165) is 54.8 Å². The summed E-state index contributed by atoms with van der Waals surface area (Å²) in [5, 5.41) is 4.58. The van der Waals surface area contributed by atoms with Gasteiger partial charge in [0.25, 0.3) is 0 Å². The summed E-state index contributed by atoms with van der Waals surface area (Å²) in [6.45, 7) is 8.76. The van der Waals surface area contributed by atoms with Gasteiger partial charge >= 0.3 is 6.09 Å². The van der Waals surface area contributed by atoms with E-state index in [-0.39, 0.29) is 12.2 Å². The molecule has 1 saturated heterocycles. The Morgan fingerprint density at radius 1 is 1.00 bits per heavy atom. The first-order valence-corrected chi connectivity index (χ1v) is 13.1. The molecule has 2 aromatic heterocycles. The van der Waals surface area contributed by atoms with Crippen molar-refractivity contribution in [1.82, 2.24) is 19.8 Å². The highest BCUT2D eigenvalue weighted by molar-refractivity contribution is 5.96. The highest BCUT2D eigenvalue weighted by atomic mass is 16.6. The minimum atomic E-state index is -0.205. The Morgan fingerprint density at radius 3 is 2.57 bits per heavy atom. The molecule has 4 aromatic rings. The van der Waals surface area contributed by atoms with E-state index in [0.29, 0.717) is 13.1 Å². The van der Waals surface area contributed by atoms with E-state index in [1.54, 1.807) is 4.90 Å². The molecule has 2 aliphatic heterocycles. The van der Waals surface area contributed by atoms with Crippen molar-refractivity contribution < 1.29 is 9.53 Å². The van der Waals surface area contributed by atoms with Gasteiger partial charge in [-0.25, -0.2) is 9.78 Å². The molecule has 6 rings (SSSR count). The maximum Gasteiger partial charge on any atom is 0.410 e. The average molecular weight is 496 g/mol. The number of nitrogens with zero attached hydrogens (tertiary/aromatic N) is 3. The molecule has 7 heteroatoms. The Balaban J connectivity index is 1.14. The fraction of sp³-hybridized carbons (Fsp3) is 0.333. The molecular formula is C30H33N5O2. The fourth-order valence-electron chi connectivity index (χ4n) is 5.30. The molecule has 2 aliphatic rings. The Morgan fingerprint density at radius 2 is 1.78 bits per heavy atom. The zero-order valence-electron chi connectivity index (χ0n) is 21.5. The number of fused-ring (bicyclic) bond motifs is 2. The van der Waals surface area contributed by atoms with Crippen LogP contribution in [0.4, 0.5) is 10.5 Å². The number of amides is 1. The predicted octanol–water partition coefficient (Wildman–Crippen LogP) is 5.53. The number of H-pyrrole nitrogens is 1. The van der Waals surface area contributed by atoms with Crippen LogP contribution in [-0.4, -0.2) is 64.7 Å². The number of benzene rings is 2. The third kappa shape index (κ3) is 4.91. The summed E-state index contributed by atoms with van der Waals surface area (Å²) in [6, 6.07) is 17.7. The number of nitrogens with one attached hydrogen (secondary N) is 2. The monoisotopic (exact) mass is 495 g/mol. The molecule has 1 amide bonds. The van der Waals surface area contributed by atoms with E-state index in [9.17, 15) is 4.79 Å². The van der Waals surface area contributed by atoms with E-state index in [2.05, 4.69) is 69.9 Å². The topological polar surface area (TPSA) is 73.5 Å². The van der Waals surface area contributed by atoms with Gasteiger partial charge in [-0.1, -0.05) is 30.3 Å². The van der Waals surface area contributed by atoms with Gasteiger partial charge in [-0.15, -0.1) is 0 Å². The Kier molecular flexibility index (Phi) is 6.30. The van der Waals surface area contributed by atoms with Gasteiger partial charge in [0.1, 0.15) is 5.65 Å². The maximum absolute atomic E-state index is 12.1. The Bertz CT molecular complexity index is 1420. The number of carbonyl (C=O) groups is 1. The summed E-state index contributed by atoms with van der Waals surface area (Å²) in [4.78, 5) is 24.4. The van der Waals surface area contributed by atoms with Crippen LogP contribution in [0.15, 0.2) is 60.9 Å². The van der Waals surface area contributed by atoms with Crippen molar-refractivity contribution in [2.75, 3.05) is 38.0 Å². The van der Waals surface area contributed by atoms with Gasteiger partial charge in [0.15, 0.2) is 0 Å². The first kappa shape index (κ1) is 23.6. The van der Waals surface area contributed by atoms with Crippen LogP contribution in [0.5, 0.6) is 0 Å². The van der Waals surface area contributed by atoms with E-state index < -0.39 is 0 Å². The molecule has 0 bridgehead atoms. The number of piperazine rings is 1. The minimum Gasteiger partial charge on any atom is -0.447 e. The van der Waals surface area contributed by atoms with Crippen LogP contribution in [0, 0.1) is 0 Å². The molecule has 4 heterocycles. The van der Waals surface area contributed by atoms with Crippen molar-refractivity contribution >= 4 is 22.8 Å². The number of pyridine rings is 1. The average Bonchev–Trinajstić information content (AvgIpc) is 3.55. The molecule has 0 spiro atoms. The van der Waals surface area contributed by atoms with Crippen molar-refractivity contribution in [3.8, 4) is 22.3 Å². The standard InChI is InChI=1S/C30H33N5O2/c1-20(2)37-30(36)35-13-11-34(12-14-35)19-21-3-5-22(6-4-21)25-16-26-27(18-33-29(26)32-17-25)23-7-8-28-24(15-23)9-10-31-28/h3-8,15-18,20,31H,9-14,19H2,1-2H3,(H,32,33). The second-order valence-corrected chi connectivity index (χ2v) is 10.3. The van der Waals surface area contributed by atoms with E-state index in [1.165, 1.54) is 27.9 Å². The number of aromatic nitrogens is 2. The van der Waals surface area contributed by atoms with Crippen molar-refractivity contribution in [2.24, 2.45) is 0 Å². The molecule has 0 radical (unpaired) electrons. The van der Waals surface area contributed by atoms with Crippen LogP contribution in [-0.2, 0) is 17.7 Å². The van der Waals surface area contributed by atoms with Crippen molar-refractivity contribution in [2.45, 2.75) is 32.9 Å². The van der Waals surface area contributed by atoms with Crippen molar-refractivity contribution in [3.05, 3.63) is 72.1 Å². The van der Waals surface area contributed by atoms with Crippen LogP contribution in [0.3, 0.4) is 0 Å². The SMILES string of the molecule is CC(C)OC(=O)N1CCN(Cc2ccc(-c3cnc4[nH]cc(-c5ccc6c(c5)CCN6)c4c3)cc2)CC1. The third-order valence-corrected chi connectivity index (χ3v) is 7.32. The van der Waals surface area contributed by atoms with E-state index in [1.807, 2.05) is 20.0 Å². The summed E-state index contributed by atoms with van der Waals surface area (Å²) >= 11 is 0. The highest BCUT2D eigenvalue weighted by Crippen LogP contribution is 2.34. The first-order chi connectivity index (χ1) is 18.0. The second kappa shape index (κ2) is 9.90. The lowest BCUT2D eigenvalue weighted by Gasteiger charge is -2.34. The van der Waals surface area contributed by atoms with Crippen LogP contribution in [0.25, 0.3) is 33.3 Å². The summed E-state index contributed by atoms with van der Waals surface area (Å²) < 4.78 is 5.33. The van der Waals surface area contributed by atoms with Gasteiger partial charge in [0, 0.05) is 73.9 Å². The predicted molar refractivity (Wildman–Crippen MR) is 148 cm³/mol. The number of rotatable bonds is 5. The molecule has 2 aromatic carbocycles. The van der Waals surface area contributed by atoms with Gasteiger partial charge in [-0.2, -0.15) is 0 Å². The van der Waals surface area contributed by atoms with Gasteiger partial charge in [0.2, 0.25) is 0 Å². The fourth-order valence-corrected chi connectivity index (χ4v) is 5.30. The Labute approximate surface area is 217 Å². The molecule has 37 heavy (non-hydrogen) atoms. The largest absolute Gasteiger partial charge is 0.447 e. The number of hydrogen-bond acceptors (Lipinski definition) is 5. The molecule has 0 aliphatic carbocycles. The van der Waals surface area contributed by atoms with E-state index in [4.69, 9.17) is 9.72 Å². The Hall–Kier alpha value is -3.84. The number of aromatic amines is 1. The lowest BCUT2D eigenvalue weighted by molar-refractivity contribution is 0.0559. The normalized spacial score (nSPS) is 15.7. The van der Waals surface area contributed by atoms with Crippen LogP contribution in [0.2, 0.25) is 0 Å². The van der Waals surface area contributed by atoms with Crippen LogP contribution >= 0.6 is 0 Å². The van der Waals surface area contributed by atoms with E-state index >= 15 is 0 Å². The zero-order chi connectivity index (χ0) is 25.4. The van der Waals surface area contributed by atoms with Crippen molar-refractivity contribution in [3.63, 3.8) is 0 Å². The maximum atomic E-state index is 12.1. The number of hydrogen-bond donors (Lipinski definition) is 2. The lowest BCUT2D eigenvalue weighted by Crippen LogP contribution is -2.48. The number of carbonyl (C=O) groups excluding carboxylic acids is 1. The molecule has 7 nitrogen and oxygen atoms in total. The number of anilines is 1. The molecular weight excluding hydrogens is 462 g/mol. The summed E-state index contributed by atoms with van der Waals surface area (Å²) in [5.41, 5.74) is 9.48. The molecule has 190 valence electrons. The second-order valence-electron chi connectivity index (χ2n) is 10.3. The molecule has 0 unspecified atom stereocenters. The zero-order valence-corrected chi connectivity index (χ0v) is 21.5. The van der Waals surface area contributed by atoms with Crippen LogP contribution in [0.1, 0.15) is 25.0 Å². The summed E-state index contributed by atoms with van der Waals surface area (Å²) in [5.74, 6) is 0. The molecule has 0 saturated carbocycles. The van der Waals surface area contributed by atoms with Gasteiger partial charge in [-0.3, -0.25) is 4.90 Å². The van der Waals surface area contributed by atoms with Crippen molar-refractivity contribution in [1.29, 1.82) is 0 Å². The van der Waals surface area contributed by atoms with Gasteiger partial charge < -0.3 is 19.9 Å². The minimum absolute atomic E-state index is 0.0830. The van der Waals surface area contributed by atoms with Crippen LogP contribution < -0.4 is 5.32 Å². The first-order valence-electron chi connectivity index (χ1n) is 13.1. The lowest BCUT2D eigenvalue weighted by atomic mass is 9.99. The molecule has 2 N–H and O–H groups in total. The summed E-state index contributed by atoms with van der Waals surface area (Å²) in [7, 11) is 0. The summed E-state index contributed by atoms with van der Waals surface area (Å²) in [6.07, 6.45) is 4.79. The van der Waals surface area contributed by atoms with Gasteiger partial charge in [-0.05, 0) is 60.7 Å². The van der Waals surface area contributed by atoms with Gasteiger partial charge in [0.05, 0.1) is 6.10 Å². The number of ether oxygens (including phenoxy) is 1.